The molecule has 2 aromatic rings. The molecular formula is C14H18ClN3. The molecule has 0 bridgehead atoms. The van der Waals surface area contributed by atoms with Crippen molar-refractivity contribution in [2.45, 2.75) is 26.8 Å². The van der Waals surface area contributed by atoms with Gasteiger partial charge in [-0.3, -0.25) is 0 Å². The fraction of sp³-hybridized carbons (Fsp3) is 0.357. The summed E-state index contributed by atoms with van der Waals surface area (Å²) in [6.45, 7) is 6.13. The number of halogens is 1. The molecule has 0 saturated carbocycles. The minimum Gasteiger partial charge on any atom is -0.313 e. The van der Waals surface area contributed by atoms with Crippen molar-refractivity contribution in [1.82, 2.24) is 15.1 Å². The SMILES string of the molecule is CCCNCc1cnn(-c2cccc(Cl)c2)c1C. The average molecular weight is 264 g/mol. The Bertz CT molecular complexity index is 520. The highest BCUT2D eigenvalue weighted by molar-refractivity contribution is 6.30. The summed E-state index contributed by atoms with van der Waals surface area (Å²) in [5.41, 5.74) is 3.38. The van der Waals surface area contributed by atoms with Crippen LogP contribution < -0.4 is 5.32 Å². The zero-order valence-electron chi connectivity index (χ0n) is 10.8. The van der Waals surface area contributed by atoms with E-state index in [1.165, 1.54) is 5.56 Å². The minimum absolute atomic E-state index is 0.730. The number of rotatable bonds is 5. The number of aromatic nitrogens is 2. The van der Waals surface area contributed by atoms with Crippen molar-refractivity contribution in [2.24, 2.45) is 0 Å². The maximum Gasteiger partial charge on any atom is 0.0663 e. The largest absolute Gasteiger partial charge is 0.313 e. The Labute approximate surface area is 113 Å². The average Bonchev–Trinajstić information content (AvgIpc) is 2.72. The summed E-state index contributed by atoms with van der Waals surface area (Å²) in [7, 11) is 0. The molecular weight excluding hydrogens is 246 g/mol. The first kappa shape index (κ1) is 13.1. The molecule has 4 heteroatoms. The zero-order chi connectivity index (χ0) is 13.0. The molecule has 0 unspecified atom stereocenters. The summed E-state index contributed by atoms with van der Waals surface area (Å²) in [5, 5.41) is 8.54. The van der Waals surface area contributed by atoms with E-state index < -0.39 is 0 Å². The van der Waals surface area contributed by atoms with Gasteiger partial charge in [0.15, 0.2) is 0 Å². The number of benzene rings is 1. The summed E-state index contributed by atoms with van der Waals surface area (Å²) < 4.78 is 1.93. The second-order valence-corrected chi connectivity index (χ2v) is 4.76. The van der Waals surface area contributed by atoms with Gasteiger partial charge in [0, 0.05) is 22.8 Å². The summed E-state index contributed by atoms with van der Waals surface area (Å²) in [4.78, 5) is 0. The van der Waals surface area contributed by atoms with Gasteiger partial charge in [-0.25, -0.2) is 4.68 Å². The van der Waals surface area contributed by atoms with Gasteiger partial charge in [0.05, 0.1) is 11.9 Å². The van der Waals surface area contributed by atoms with Gasteiger partial charge in [0.1, 0.15) is 0 Å². The number of hydrogen-bond donors (Lipinski definition) is 1. The van der Waals surface area contributed by atoms with Crippen LogP contribution in [0.25, 0.3) is 5.69 Å². The van der Waals surface area contributed by atoms with Crippen LogP contribution in [-0.2, 0) is 6.54 Å². The van der Waals surface area contributed by atoms with Crippen LogP contribution in [0.2, 0.25) is 5.02 Å². The second kappa shape index (κ2) is 6.03. The fourth-order valence-corrected chi connectivity index (χ4v) is 2.07. The van der Waals surface area contributed by atoms with Crippen LogP contribution in [0, 0.1) is 6.92 Å². The smallest absolute Gasteiger partial charge is 0.0663 e. The highest BCUT2D eigenvalue weighted by Crippen LogP contribution is 2.17. The molecule has 96 valence electrons. The minimum atomic E-state index is 0.730. The predicted molar refractivity (Wildman–Crippen MR) is 75.3 cm³/mol. The summed E-state index contributed by atoms with van der Waals surface area (Å²) in [5.74, 6) is 0. The van der Waals surface area contributed by atoms with Crippen molar-refractivity contribution in [3.05, 3.63) is 46.7 Å². The summed E-state index contributed by atoms with van der Waals surface area (Å²) in [6, 6.07) is 7.74. The number of hydrogen-bond acceptors (Lipinski definition) is 2. The van der Waals surface area contributed by atoms with Gasteiger partial charge in [0.25, 0.3) is 0 Å². The Kier molecular flexibility index (Phi) is 4.39. The van der Waals surface area contributed by atoms with Crippen LogP contribution >= 0.6 is 11.6 Å². The van der Waals surface area contributed by atoms with Gasteiger partial charge in [-0.1, -0.05) is 24.6 Å². The fourth-order valence-electron chi connectivity index (χ4n) is 1.89. The van der Waals surface area contributed by atoms with Crippen molar-refractivity contribution in [2.75, 3.05) is 6.54 Å². The van der Waals surface area contributed by atoms with Crippen LogP contribution in [0.15, 0.2) is 30.5 Å². The molecule has 2 rings (SSSR count). The Morgan fingerprint density at radius 2 is 2.22 bits per heavy atom. The molecule has 0 atom stereocenters. The van der Waals surface area contributed by atoms with Gasteiger partial charge in [-0.05, 0) is 38.1 Å². The van der Waals surface area contributed by atoms with Crippen LogP contribution in [0.5, 0.6) is 0 Å². The molecule has 1 aromatic heterocycles. The Morgan fingerprint density at radius 1 is 1.39 bits per heavy atom. The Morgan fingerprint density at radius 3 is 2.94 bits per heavy atom. The van der Waals surface area contributed by atoms with Crippen molar-refractivity contribution in [1.29, 1.82) is 0 Å². The number of nitrogens with one attached hydrogen (secondary N) is 1. The molecule has 1 aromatic carbocycles. The summed E-state index contributed by atoms with van der Waals surface area (Å²) >= 11 is 6.00. The standard InChI is InChI=1S/C14H18ClN3/c1-3-7-16-9-12-10-17-18(11(12)2)14-6-4-5-13(15)8-14/h4-6,8,10,16H,3,7,9H2,1-2H3. The summed E-state index contributed by atoms with van der Waals surface area (Å²) in [6.07, 6.45) is 3.06. The third-order valence-electron chi connectivity index (χ3n) is 2.91. The van der Waals surface area contributed by atoms with Crippen molar-refractivity contribution >= 4 is 11.6 Å². The monoisotopic (exact) mass is 263 g/mol. The molecule has 0 fully saturated rings. The first-order valence-electron chi connectivity index (χ1n) is 6.22. The van der Waals surface area contributed by atoms with Gasteiger partial charge in [-0.15, -0.1) is 0 Å². The molecule has 3 nitrogen and oxygen atoms in total. The normalized spacial score (nSPS) is 10.8. The van der Waals surface area contributed by atoms with Crippen LogP contribution in [0.4, 0.5) is 0 Å². The van der Waals surface area contributed by atoms with Crippen LogP contribution in [0.3, 0.4) is 0 Å². The van der Waals surface area contributed by atoms with E-state index in [0.29, 0.717) is 0 Å². The first-order chi connectivity index (χ1) is 8.72. The quantitative estimate of drug-likeness (QED) is 0.839. The van der Waals surface area contributed by atoms with Crippen molar-refractivity contribution in [3.63, 3.8) is 0 Å². The molecule has 1 N–H and O–H groups in total. The molecule has 0 aliphatic rings. The second-order valence-electron chi connectivity index (χ2n) is 4.32. The Hall–Kier alpha value is -1.32. The van der Waals surface area contributed by atoms with E-state index in [1.54, 1.807) is 0 Å². The van der Waals surface area contributed by atoms with E-state index in [1.807, 2.05) is 35.1 Å². The van der Waals surface area contributed by atoms with Crippen molar-refractivity contribution < 1.29 is 0 Å². The third kappa shape index (κ3) is 2.92. The van der Waals surface area contributed by atoms with E-state index in [2.05, 4.69) is 24.3 Å². The lowest BCUT2D eigenvalue weighted by atomic mass is 10.2. The predicted octanol–water partition coefficient (Wildman–Crippen LogP) is 3.33. The van der Waals surface area contributed by atoms with E-state index >= 15 is 0 Å². The lowest BCUT2D eigenvalue weighted by Crippen LogP contribution is -2.14. The van der Waals surface area contributed by atoms with E-state index in [0.717, 1.165) is 35.9 Å². The third-order valence-corrected chi connectivity index (χ3v) is 3.14. The van der Waals surface area contributed by atoms with Gasteiger partial charge in [-0.2, -0.15) is 5.10 Å². The number of nitrogens with zero attached hydrogens (tertiary/aromatic N) is 2. The van der Waals surface area contributed by atoms with Crippen LogP contribution in [-0.4, -0.2) is 16.3 Å². The molecule has 0 aliphatic carbocycles. The molecule has 0 saturated heterocycles. The molecule has 0 spiro atoms. The van der Waals surface area contributed by atoms with E-state index in [9.17, 15) is 0 Å². The molecule has 0 amide bonds. The molecule has 18 heavy (non-hydrogen) atoms. The lowest BCUT2D eigenvalue weighted by molar-refractivity contribution is 0.672. The van der Waals surface area contributed by atoms with Gasteiger partial charge >= 0.3 is 0 Å². The molecule has 1 heterocycles. The maximum absolute atomic E-state index is 6.00. The molecule has 0 radical (unpaired) electrons. The van der Waals surface area contributed by atoms with E-state index in [4.69, 9.17) is 11.6 Å². The zero-order valence-corrected chi connectivity index (χ0v) is 11.5. The van der Waals surface area contributed by atoms with Gasteiger partial charge in [0.2, 0.25) is 0 Å². The Balaban J connectivity index is 2.20. The van der Waals surface area contributed by atoms with Gasteiger partial charge < -0.3 is 5.32 Å². The lowest BCUT2D eigenvalue weighted by Gasteiger charge is -2.06. The highest BCUT2D eigenvalue weighted by Gasteiger charge is 2.07. The first-order valence-corrected chi connectivity index (χ1v) is 6.60. The van der Waals surface area contributed by atoms with Crippen LogP contribution in [0.1, 0.15) is 24.6 Å². The van der Waals surface area contributed by atoms with E-state index in [-0.39, 0.29) is 0 Å². The highest BCUT2D eigenvalue weighted by atomic mass is 35.5. The molecule has 0 aliphatic heterocycles. The maximum atomic E-state index is 6.00. The topological polar surface area (TPSA) is 29.9 Å². The van der Waals surface area contributed by atoms with Crippen molar-refractivity contribution in [3.8, 4) is 5.69 Å².